The second-order valence-electron chi connectivity index (χ2n) is 3.85. The Morgan fingerprint density at radius 1 is 1.38 bits per heavy atom. The van der Waals surface area contributed by atoms with E-state index < -0.39 is 12.1 Å². The number of carboxylic acids is 1. The number of hydrogen-bond donors (Lipinski definition) is 2. The highest BCUT2D eigenvalue weighted by molar-refractivity contribution is 8.00. The van der Waals surface area contributed by atoms with Gasteiger partial charge in [0.1, 0.15) is 0 Å². The van der Waals surface area contributed by atoms with E-state index in [1.165, 1.54) is 11.8 Å². The summed E-state index contributed by atoms with van der Waals surface area (Å²) in [5, 5.41) is 18.4. The maximum Gasteiger partial charge on any atom is 0.335 e. The molecule has 0 heterocycles. The molecule has 2 atom stereocenters. The van der Waals surface area contributed by atoms with Gasteiger partial charge in [0.15, 0.2) is 0 Å². The molecule has 0 radical (unpaired) electrons. The van der Waals surface area contributed by atoms with Crippen molar-refractivity contribution in [3.05, 3.63) is 29.3 Å². The summed E-state index contributed by atoms with van der Waals surface area (Å²) in [6.45, 7) is 5.41. The van der Waals surface area contributed by atoms with Gasteiger partial charge in [-0.05, 0) is 31.5 Å². The van der Waals surface area contributed by atoms with Crippen LogP contribution in [0.15, 0.2) is 23.1 Å². The van der Waals surface area contributed by atoms with Gasteiger partial charge in [0.25, 0.3) is 0 Å². The second kappa shape index (κ2) is 5.37. The van der Waals surface area contributed by atoms with Gasteiger partial charge in [0, 0.05) is 10.1 Å². The highest BCUT2D eigenvalue weighted by atomic mass is 32.2. The molecule has 4 heteroatoms. The number of carboxylic acid groups (broad SMARTS) is 1. The summed E-state index contributed by atoms with van der Waals surface area (Å²) in [6.07, 6.45) is -0.417. The molecule has 0 saturated carbocycles. The molecule has 3 nitrogen and oxygen atoms in total. The van der Waals surface area contributed by atoms with E-state index in [-0.39, 0.29) is 5.25 Å². The van der Waals surface area contributed by atoms with Gasteiger partial charge in [0.05, 0.1) is 11.7 Å². The molecule has 0 amide bonds. The number of thioether (sulfide) groups is 1. The van der Waals surface area contributed by atoms with Crippen molar-refractivity contribution in [1.29, 1.82) is 0 Å². The number of carbonyl (C=O) groups is 1. The molecule has 0 aromatic heterocycles. The molecule has 0 spiro atoms. The first-order chi connectivity index (χ1) is 7.41. The van der Waals surface area contributed by atoms with Gasteiger partial charge in [0.2, 0.25) is 0 Å². The minimum atomic E-state index is -0.912. The standard InChI is InChI=1S/C12H16O3S/c1-7-4-5-10(6-11(7)12(14)15)16-9(3)8(2)13/h4-6,8-9,13H,1-3H3,(H,14,15). The Bertz CT molecular complexity index is 388. The molecule has 0 saturated heterocycles. The fraction of sp³-hybridized carbons (Fsp3) is 0.417. The third-order valence-electron chi connectivity index (χ3n) is 2.44. The Hall–Kier alpha value is -1.00. The molecule has 0 aliphatic carbocycles. The van der Waals surface area contributed by atoms with Crippen LogP contribution in [0.1, 0.15) is 29.8 Å². The van der Waals surface area contributed by atoms with Gasteiger partial charge in [-0.1, -0.05) is 13.0 Å². The van der Waals surface area contributed by atoms with Crippen LogP contribution in [0.25, 0.3) is 0 Å². The van der Waals surface area contributed by atoms with Crippen LogP contribution in [0.5, 0.6) is 0 Å². The molecule has 1 rings (SSSR count). The predicted octanol–water partition coefficient (Wildman–Crippen LogP) is 2.55. The number of aliphatic hydroxyl groups is 1. The normalized spacial score (nSPS) is 14.5. The lowest BCUT2D eigenvalue weighted by molar-refractivity contribution is 0.0696. The van der Waals surface area contributed by atoms with Crippen LogP contribution in [-0.4, -0.2) is 27.5 Å². The van der Waals surface area contributed by atoms with Gasteiger partial charge in [-0.15, -0.1) is 11.8 Å². The summed E-state index contributed by atoms with van der Waals surface area (Å²) in [6, 6.07) is 5.33. The molecule has 0 aliphatic heterocycles. The second-order valence-corrected chi connectivity index (χ2v) is 5.30. The average molecular weight is 240 g/mol. The van der Waals surface area contributed by atoms with Crippen molar-refractivity contribution in [1.82, 2.24) is 0 Å². The zero-order valence-electron chi connectivity index (χ0n) is 9.60. The smallest absolute Gasteiger partial charge is 0.335 e. The van der Waals surface area contributed by atoms with E-state index in [0.29, 0.717) is 5.56 Å². The molecular formula is C12H16O3S. The van der Waals surface area contributed by atoms with E-state index >= 15 is 0 Å². The summed E-state index contributed by atoms with van der Waals surface area (Å²) in [7, 11) is 0. The zero-order chi connectivity index (χ0) is 12.3. The van der Waals surface area contributed by atoms with Crippen LogP contribution in [0.2, 0.25) is 0 Å². The van der Waals surface area contributed by atoms with Crippen molar-refractivity contribution in [2.75, 3.05) is 0 Å². The number of aryl methyl sites for hydroxylation is 1. The van der Waals surface area contributed by atoms with Gasteiger partial charge in [-0.3, -0.25) is 0 Å². The van der Waals surface area contributed by atoms with Gasteiger partial charge in [-0.25, -0.2) is 4.79 Å². The fourth-order valence-corrected chi connectivity index (χ4v) is 2.18. The van der Waals surface area contributed by atoms with Crippen molar-refractivity contribution in [3.8, 4) is 0 Å². The number of hydrogen-bond acceptors (Lipinski definition) is 3. The van der Waals surface area contributed by atoms with E-state index in [4.69, 9.17) is 5.11 Å². The average Bonchev–Trinajstić information content (AvgIpc) is 2.20. The zero-order valence-corrected chi connectivity index (χ0v) is 10.4. The number of rotatable bonds is 4. The lowest BCUT2D eigenvalue weighted by Gasteiger charge is -2.14. The molecule has 88 valence electrons. The highest BCUT2D eigenvalue weighted by Crippen LogP contribution is 2.27. The predicted molar refractivity (Wildman–Crippen MR) is 65.1 cm³/mol. The van der Waals surface area contributed by atoms with Crippen LogP contribution in [0.4, 0.5) is 0 Å². The summed E-state index contributed by atoms with van der Waals surface area (Å²) in [5.74, 6) is -0.912. The Morgan fingerprint density at radius 2 is 2.00 bits per heavy atom. The lowest BCUT2D eigenvalue weighted by atomic mass is 10.1. The van der Waals surface area contributed by atoms with E-state index in [1.54, 1.807) is 26.0 Å². The molecular weight excluding hydrogens is 224 g/mol. The Kier molecular flexibility index (Phi) is 4.38. The molecule has 2 unspecified atom stereocenters. The highest BCUT2D eigenvalue weighted by Gasteiger charge is 2.13. The van der Waals surface area contributed by atoms with Crippen LogP contribution in [0, 0.1) is 6.92 Å². The third-order valence-corrected chi connectivity index (χ3v) is 3.73. The molecule has 1 aromatic rings. The Labute approximate surface area is 99.5 Å². The molecule has 0 fully saturated rings. The SMILES string of the molecule is Cc1ccc(SC(C)C(C)O)cc1C(=O)O. The van der Waals surface area contributed by atoms with E-state index in [1.807, 2.05) is 13.0 Å². The monoisotopic (exact) mass is 240 g/mol. The quantitative estimate of drug-likeness (QED) is 0.794. The van der Waals surface area contributed by atoms with Crippen LogP contribution in [-0.2, 0) is 0 Å². The Balaban J connectivity index is 2.91. The van der Waals surface area contributed by atoms with Crippen molar-refractivity contribution >= 4 is 17.7 Å². The maximum atomic E-state index is 10.9. The first-order valence-corrected chi connectivity index (χ1v) is 5.98. The van der Waals surface area contributed by atoms with Gasteiger partial charge >= 0.3 is 5.97 Å². The Morgan fingerprint density at radius 3 is 2.50 bits per heavy atom. The molecule has 1 aromatic carbocycles. The first-order valence-electron chi connectivity index (χ1n) is 5.10. The van der Waals surface area contributed by atoms with Crippen molar-refractivity contribution < 1.29 is 15.0 Å². The van der Waals surface area contributed by atoms with Crippen molar-refractivity contribution in [2.24, 2.45) is 0 Å². The minimum absolute atomic E-state index is 0.0457. The third kappa shape index (κ3) is 3.25. The van der Waals surface area contributed by atoms with E-state index in [9.17, 15) is 9.90 Å². The number of benzene rings is 1. The van der Waals surface area contributed by atoms with Crippen LogP contribution >= 0.6 is 11.8 Å². The van der Waals surface area contributed by atoms with Crippen molar-refractivity contribution in [2.45, 2.75) is 37.0 Å². The molecule has 2 N–H and O–H groups in total. The van der Waals surface area contributed by atoms with Crippen molar-refractivity contribution in [3.63, 3.8) is 0 Å². The van der Waals surface area contributed by atoms with Crippen LogP contribution < -0.4 is 0 Å². The molecule has 0 aliphatic rings. The molecule has 16 heavy (non-hydrogen) atoms. The summed E-state index contributed by atoms with van der Waals surface area (Å²) in [5.41, 5.74) is 1.07. The lowest BCUT2D eigenvalue weighted by Crippen LogP contribution is -2.14. The maximum absolute atomic E-state index is 10.9. The van der Waals surface area contributed by atoms with Gasteiger partial charge < -0.3 is 10.2 Å². The van der Waals surface area contributed by atoms with Crippen LogP contribution in [0.3, 0.4) is 0 Å². The minimum Gasteiger partial charge on any atom is -0.478 e. The summed E-state index contributed by atoms with van der Waals surface area (Å²) < 4.78 is 0. The first kappa shape index (κ1) is 13.1. The number of aliphatic hydroxyl groups excluding tert-OH is 1. The molecule has 0 bridgehead atoms. The topological polar surface area (TPSA) is 57.5 Å². The van der Waals surface area contributed by atoms with E-state index in [0.717, 1.165) is 10.5 Å². The summed E-state index contributed by atoms with van der Waals surface area (Å²) in [4.78, 5) is 11.8. The van der Waals surface area contributed by atoms with Gasteiger partial charge in [-0.2, -0.15) is 0 Å². The summed E-state index contributed by atoms with van der Waals surface area (Å²) >= 11 is 1.48. The fourth-order valence-electron chi connectivity index (χ4n) is 1.22. The van der Waals surface area contributed by atoms with E-state index in [2.05, 4.69) is 0 Å². The number of aromatic carboxylic acids is 1. The largest absolute Gasteiger partial charge is 0.478 e.